The summed E-state index contributed by atoms with van der Waals surface area (Å²) in [5, 5.41) is 13.3. The fraction of sp³-hybridized carbons (Fsp3) is 1.00. The van der Waals surface area contributed by atoms with Gasteiger partial charge in [0, 0.05) is 5.54 Å². The van der Waals surface area contributed by atoms with Crippen LogP contribution in [0.4, 0.5) is 0 Å². The Morgan fingerprint density at radius 1 is 1.31 bits per heavy atom. The van der Waals surface area contributed by atoms with Gasteiger partial charge in [0.15, 0.2) is 0 Å². The summed E-state index contributed by atoms with van der Waals surface area (Å²) >= 11 is 0. The van der Waals surface area contributed by atoms with Crippen molar-refractivity contribution in [3.05, 3.63) is 0 Å². The third kappa shape index (κ3) is 4.06. The molecule has 0 radical (unpaired) electrons. The Morgan fingerprint density at radius 2 is 2.06 bits per heavy atom. The van der Waals surface area contributed by atoms with Crippen LogP contribution >= 0.6 is 0 Å². The summed E-state index contributed by atoms with van der Waals surface area (Å²) in [5.74, 6) is 1.54. The number of hydrogen-bond donors (Lipinski definition) is 2. The van der Waals surface area contributed by atoms with E-state index in [2.05, 4.69) is 26.1 Å². The first kappa shape index (κ1) is 14.0. The molecular formula is C14H29NO. The first-order valence-electron chi connectivity index (χ1n) is 6.98. The number of nitrogens with one attached hydrogen (secondary N) is 1. The summed E-state index contributed by atoms with van der Waals surface area (Å²) in [6.07, 6.45) is 7.49. The summed E-state index contributed by atoms with van der Waals surface area (Å²) in [4.78, 5) is 0. The van der Waals surface area contributed by atoms with Crippen LogP contribution in [-0.2, 0) is 0 Å². The molecule has 0 aliphatic heterocycles. The molecule has 0 aromatic rings. The minimum Gasteiger partial charge on any atom is -0.394 e. The second-order valence-electron chi connectivity index (χ2n) is 5.92. The zero-order valence-electron chi connectivity index (χ0n) is 11.3. The van der Waals surface area contributed by atoms with Crippen molar-refractivity contribution in [3.63, 3.8) is 0 Å². The average molecular weight is 227 g/mol. The lowest BCUT2D eigenvalue weighted by Gasteiger charge is -2.33. The predicted octanol–water partition coefficient (Wildman–Crippen LogP) is 2.95. The highest BCUT2D eigenvalue weighted by atomic mass is 16.3. The Labute approximate surface area is 101 Å². The minimum absolute atomic E-state index is 0.0220. The molecule has 1 aliphatic rings. The Balaban J connectivity index is 2.51. The maximum Gasteiger partial charge on any atom is 0.0613 e. The van der Waals surface area contributed by atoms with Gasteiger partial charge in [-0.25, -0.2) is 0 Å². The first-order valence-corrected chi connectivity index (χ1v) is 6.98. The standard InChI is InChI=1S/C14H29NO/c1-4-13-6-5-8-14(11-16,9-7-13)15-10-12(2)3/h12-13,15-16H,4-11H2,1-3H3. The maximum absolute atomic E-state index is 9.68. The SMILES string of the molecule is CCC1CCCC(CO)(NCC(C)C)CC1. The van der Waals surface area contributed by atoms with Gasteiger partial charge in [0.1, 0.15) is 0 Å². The second-order valence-corrected chi connectivity index (χ2v) is 5.92. The van der Waals surface area contributed by atoms with E-state index in [4.69, 9.17) is 0 Å². The van der Waals surface area contributed by atoms with E-state index in [0.717, 1.165) is 25.3 Å². The highest BCUT2D eigenvalue weighted by Gasteiger charge is 2.31. The van der Waals surface area contributed by atoms with E-state index in [-0.39, 0.29) is 5.54 Å². The van der Waals surface area contributed by atoms with Crippen LogP contribution in [0.5, 0.6) is 0 Å². The van der Waals surface area contributed by atoms with Crippen LogP contribution in [-0.4, -0.2) is 23.8 Å². The van der Waals surface area contributed by atoms with Crippen molar-refractivity contribution in [1.29, 1.82) is 0 Å². The van der Waals surface area contributed by atoms with Crippen LogP contribution in [0.2, 0.25) is 0 Å². The molecule has 1 fully saturated rings. The Morgan fingerprint density at radius 3 is 2.62 bits per heavy atom. The zero-order valence-corrected chi connectivity index (χ0v) is 11.3. The molecule has 0 aromatic carbocycles. The molecule has 0 bridgehead atoms. The molecule has 1 saturated carbocycles. The summed E-state index contributed by atoms with van der Waals surface area (Å²) in [7, 11) is 0. The highest BCUT2D eigenvalue weighted by Crippen LogP contribution is 2.31. The Hall–Kier alpha value is -0.0800. The summed E-state index contributed by atoms with van der Waals surface area (Å²) in [5.41, 5.74) is 0.0220. The highest BCUT2D eigenvalue weighted by molar-refractivity contribution is 4.90. The Bertz CT molecular complexity index is 193. The third-order valence-electron chi connectivity index (χ3n) is 4.06. The van der Waals surface area contributed by atoms with Gasteiger partial charge in [-0.2, -0.15) is 0 Å². The topological polar surface area (TPSA) is 32.3 Å². The monoisotopic (exact) mass is 227 g/mol. The number of rotatable bonds is 5. The predicted molar refractivity (Wildman–Crippen MR) is 69.5 cm³/mol. The molecule has 2 nitrogen and oxygen atoms in total. The minimum atomic E-state index is 0.0220. The molecule has 0 saturated heterocycles. The first-order chi connectivity index (χ1) is 7.62. The molecule has 96 valence electrons. The van der Waals surface area contributed by atoms with E-state index in [0.29, 0.717) is 12.5 Å². The molecular weight excluding hydrogens is 198 g/mol. The van der Waals surface area contributed by atoms with E-state index < -0.39 is 0 Å². The van der Waals surface area contributed by atoms with Gasteiger partial charge < -0.3 is 10.4 Å². The van der Waals surface area contributed by atoms with Crippen molar-refractivity contribution in [3.8, 4) is 0 Å². The van der Waals surface area contributed by atoms with Gasteiger partial charge in [0.05, 0.1) is 6.61 Å². The zero-order chi connectivity index (χ0) is 12.0. The van der Waals surface area contributed by atoms with E-state index in [9.17, 15) is 5.11 Å². The van der Waals surface area contributed by atoms with Crippen LogP contribution in [0.25, 0.3) is 0 Å². The quantitative estimate of drug-likeness (QED) is 0.708. The largest absolute Gasteiger partial charge is 0.394 e. The van der Waals surface area contributed by atoms with Gasteiger partial charge in [-0.05, 0) is 37.6 Å². The summed E-state index contributed by atoms with van der Waals surface area (Å²) in [6.45, 7) is 8.07. The van der Waals surface area contributed by atoms with Gasteiger partial charge >= 0.3 is 0 Å². The molecule has 0 spiro atoms. The fourth-order valence-electron chi connectivity index (χ4n) is 2.70. The molecule has 16 heavy (non-hydrogen) atoms. The van der Waals surface area contributed by atoms with Crippen molar-refractivity contribution >= 4 is 0 Å². The smallest absolute Gasteiger partial charge is 0.0613 e. The molecule has 1 aliphatic carbocycles. The van der Waals surface area contributed by atoms with E-state index in [1.54, 1.807) is 0 Å². The van der Waals surface area contributed by atoms with Crippen molar-refractivity contribution < 1.29 is 5.11 Å². The molecule has 2 unspecified atom stereocenters. The van der Waals surface area contributed by atoms with E-state index in [1.165, 1.54) is 25.7 Å². The van der Waals surface area contributed by atoms with Gasteiger partial charge in [-0.3, -0.25) is 0 Å². The van der Waals surface area contributed by atoms with Gasteiger partial charge in [0.25, 0.3) is 0 Å². The molecule has 0 heterocycles. The molecule has 1 rings (SSSR count). The van der Waals surface area contributed by atoms with Crippen LogP contribution < -0.4 is 5.32 Å². The van der Waals surface area contributed by atoms with Gasteiger partial charge in [0.2, 0.25) is 0 Å². The molecule has 0 amide bonds. The fourth-order valence-corrected chi connectivity index (χ4v) is 2.70. The molecule has 2 heteroatoms. The van der Waals surface area contributed by atoms with Crippen LogP contribution in [0.15, 0.2) is 0 Å². The average Bonchev–Trinajstić information content (AvgIpc) is 2.49. The number of hydrogen-bond acceptors (Lipinski definition) is 2. The number of aliphatic hydroxyl groups is 1. The third-order valence-corrected chi connectivity index (χ3v) is 4.06. The lowest BCUT2D eigenvalue weighted by atomic mass is 9.89. The van der Waals surface area contributed by atoms with Crippen LogP contribution in [0.1, 0.15) is 59.3 Å². The summed E-state index contributed by atoms with van der Waals surface area (Å²) < 4.78 is 0. The van der Waals surface area contributed by atoms with Crippen LogP contribution in [0.3, 0.4) is 0 Å². The summed E-state index contributed by atoms with van der Waals surface area (Å²) in [6, 6.07) is 0. The van der Waals surface area contributed by atoms with E-state index in [1.807, 2.05) is 0 Å². The molecule has 2 atom stereocenters. The lowest BCUT2D eigenvalue weighted by Crippen LogP contribution is -2.49. The van der Waals surface area contributed by atoms with Crippen molar-refractivity contribution in [2.75, 3.05) is 13.2 Å². The van der Waals surface area contributed by atoms with Crippen LogP contribution in [0, 0.1) is 11.8 Å². The lowest BCUT2D eigenvalue weighted by molar-refractivity contribution is 0.139. The van der Waals surface area contributed by atoms with Gasteiger partial charge in [-0.1, -0.05) is 40.0 Å². The molecule has 2 N–H and O–H groups in total. The van der Waals surface area contributed by atoms with Crippen molar-refractivity contribution in [2.45, 2.75) is 64.8 Å². The normalized spacial score (nSPS) is 31.7. The van der Waals surface area contributed by atoms with Crippen molar-refractivity contribution in [1.82, 2.24) is 5.32 Å². The second kappa shape index (κ2) is 6.61. The number of aliphatic hydroxyl groups excluding tert-OH is 1. The van der Waals surface area contributed by atoms with Gasteiger partial charge in [-0.15, -0.1) is 0 Å². The molecule has 0 aromatic heterocycles. The van der Waals surface area contributed by atoms with Crippen molar-refractivity contribution in [2.24, 2.45) is 11.8 Å². The van der Waals surface area contributed by atoms with E-state index >= 15 is 0 Å². The maximum atomic E-state index is 9.68. The Kier molecular flexibility index (Phi) is 5.77.